The Labute approximate surface area is 150 Å². The van der Waals surface area contributed by atoms with Gasteiger partial charge in [-0.15, -0.1) is 0 Å². The number of fused-ring (bicyclic) bond motifs is 1. The van der Waals surface area contributed by atoms with E-state index in [4.69, 9.17) is 9.15 Å². The molecular formula is C20H18N2O4. The number of carbonyl (C=O) groups is 1. The van der Waals surface area contributed by atoms with E-state index >= 15 is 0 Å². The van der Waals surface area contributed by atoms with E-state index in [1.54, 1.807) is 53.7 Å². The Morgan fingerprint density at radius 1 is 1.19 bits per heavy atom. The summed E-state index contributed by atoms with van der Waals surface area (Å²) in [5, 5.41) is 0.474. The summed E-state index contributed by atoms with van der Waals surface area (Å²) in [6, 6.07) is 11.8. The van der Waals surface area contributed by atoms with Crippen LogP contribution < -0.4 is 10.2 Å². The lowest BCUT2D eigenvalue weighted by molar-refractivity contribution is 0.0510. The monoisotopic (exact) mass is 350 g/mol. The molecule has 6 nitrogen and oxygen atoms in total. The molecule has 4 rings (SSSR count). The molecule has 6 heteroatoms. The average molecular weight is 350 g/mol. The van der Waals surface area contributed by atoms with E-state index < -0.39 is 0 Å². The van der Waals surface area contributed by atoms with Gasteiger partial charge in [-0.05, 0) is 37.1 Å². The summed E-state index contributed by atoms with van der Waals surface area (Å²) in [5.74, 6) is 0.519. The highest BCUT2D eigenvalue weighted by Crippen LogP contribution is 2.20. The highest BCUT2D eigenvalue weighted by Gasteiger charge is 2.27. The van der Waals surface area contributed by atoms with Gasteiger partial charge in [0.15, 0.2) is 11.2 Å². The lowest BCUT2D eigenvalue weighted by atomic mass is 10.1. The maximum Gasteiger partial charge on any atom is 0.289 e. The van der Waals surface area contributed by atoms with E-state index in [-0.39, 0.29) is 23.2 Å². The fraction of sp³-hybridized carbons (Fsp3) is 0.250. The minimum Gasteiger partial charge on any atom is -0.488 e. The van der Waals surface area contributed by atoms with Crippen LogP contribution in [0.15, 0.2) is 64.1 Å². The van der Waals surface area contributed by atoms with Crippen LogP contribution in [0.4, 0.5) is 0 Å². The van der Waals surface area contributed by atoms with Crippen LogP contribution in [0.25, 0.3) is 11.0 Å². The van der Waals surface area contributed by atoms with Crippen LogP contribution in [0.1, 0.15) is 23.4 Å². The Kier molecular flexibility index (Phi) is 4.39. The summed E-state index contributed by atoms with van der Waals surface area (Å²) in [7, 11) is 0. The Bertz CT molecular complexity index is 984. The maximum absolute atomic E-state index is 12.8. The number of hydrogen-bond acceptors (Lipinski definition) is 5. The molecule has 0 saturated carbocycles. The molecule has 2 aromatic heterocycles. The van der Waals surface area contributed by atoms with Crippen molar-refractivity contribution in [1.29, 1.82) is 0 Å². The van der Waals surface area contributed by atoms with Crippen molar-refractivity contribution < 1.29 is 13.9 Å². The molecule has 0 N–H and O–H groups in total. The highest BCUT2D eigenvalue weighted by atomic mass is 16.5. The molecule has 1 atom stereocenters. The van der Waals surface area contributed by atoms with Gasteiger partial charge in [0.1, 0.15) is 17.4 Å². The van der Waals surface area contributed by atoms with Crippen molar-refractivity contribution in [3.8, 4) is 5.75 Å². The zero-order valence-corrected chi connectivity index (χ0v) is 14.1. The van der Waals surface area contributed by atoms with Crippen molar-refractivity contribution in [2.75, 3.05) is 13.1 Å². The second kappa shape index (κ2) is 7.00. The standard InChI is InChI=1S/C20H18N2O4/c23-17-12-19(26-18-6-2-1-5-16(17)18)20(24)22-11-3-4-15(13-22)25-14-7-9-21-10-8-14/h1-2,5-10,12,15H,3-4,11,13H2. The van der Waals surface area contributed by atoms with Gasteiger partial charge in [-0.25, -0.2) is 0 Å². The quantitative estimate of drug-likeness (QED) is 0.726. The number of aromatic nitrogens is 1. The molecule has 3 aromatic rings. The molecule has 26 heavy (non-hydrogen) atoms. The number of para-hydroxylation sites is 1. The van der Waals surface area contributed by atoms with Gasteiger partial charge in [0, 0.05) is 25.0 Å². The first kappa shape index (κ1) is 16.3. The smallest absolute Gasteiger partial charge is 0.289 e. The molecule has 0 aliphatic carbocycles. The Morgan fingerprint density at radius 3 is 2.85 bits per heavy atom. The van der Waals surface area contributed by atoms with Gasteiger partial charge < -0.3 is 14.1 Å². The van der Waals surface area contributed by atoms with Crippen LogP contribution in [0.5, 0.6) is 5.75 Å². The Hall–Kier alpha value is -3.15. The van der Waals surface area contributed by atoms with E-state index in [2.05, 4.69) is 4.98 Å². The van der Waals surface area contributed by atoms with Crippen LogP contribution in [-0.4, -0.2) is 35.0 Å². The van der Waals surface area contributed by atoms with E-state index in [0.29, 0.717) is 24.1 Å². The van der Waals surface area contributed by atoms with E-state index in [1.165, 1.54) is 6.07 Å². The molecule has 1 aliphatic rings. The maximum atomic E-state index is 12.8. The van der Waals surface area contributed by atoms with Gasteiger partial charge in [-0.1, -0.05) is 12.1 Å². The van der Waals surface area contributed by atoms with Crippen molar-refractivity contribution in [3.05, 3.63) is 70.8 Å². The summed E-state index contributed by atoms with van der Waals surface area (Å²) < 4.78 is 11.6. The van der Waals surface area contributed by atoms with Crippen molar-refractivity contribution in [3.63, 3.8) is 0 Å². The van der Waals surface area contributed by atoms with Gasteiger partial charge in [0.05, 0.1) is 11.9 Å². The number of benzene rings is 1. The van der Waals surface area contributed by atoms with Gasteiger partial charge in [-0.3, -0.25) is 14.6 Å². The average Bonchev–Trinajstić information content (AvgIpc) is 2.68. The fourth-order valence-electron chi connectivity index (χ4n) is 3.19. The van der Waals surface area contributed by atoms with Crippen molar-refractivity contribution in [1.82, 2.24) is 9.88 Å². The van der Waals surface area contributed by atoms with Crippen molar-refractivity contribution >= 4 is 16.9 Å². The van der Waals surface area contributed by atoms with Crippen LogP contribution in [-0.2, 0) is 0 Å². The molecule has 1 aromatic carbocycles. The predicted molar refractivity (Wildman–Crippen MR) is 96.3 cm³/mol. The van der Waals surface area contributed by atoms with Crippen LogP contribution in [0.2, 0.25) is 0 Å². The number of nitrogens with zero attached hydrogens (tertiary/aromatic N) is 2. The second-order valence-electron chi connectivity index (χ2n) is 6.29. The van der Waals surface area contributed by atoms with Gasteiger partial charge >= 0.3 is 0 Å². The molecule has 1 unspecified atom stereocenters. The van der Waals surface area contributed by atoms with Gasteiger partial charge in [0.25, 0.3) is 5.91 Å². The van der Waals surface area contributed by atoms with Crippen LogP contribution in [0, 0.1) is 0 Å². The van der Waals surface area contributed by atoms with E-state index in [0.717, 1.165) is 18.6 Å². The first-order chi connectivity index (χ1) is 12.7. The molecule has 0 spiro atoms. The number of carbonyl (C=O) groups excluding carboxylic acids is 1. The third-order valence-electron chi connectivity index (χ3n) is 4.46. The highest BCUT2D eigenvalue weighted by molar-refractivity contribution is 5.93. The summed E-state index contributed by atoms with van der Waals surface area (Å²) >= 11 is 0. The molecule has 0 bridgehead atoms. The molecule has 3 heterocycles. The number of rotatable bonds is 3. The predicted octanol–water partition coefficient (Wildman–Crippen LogP) is 2.87. The topological polar surface area (TPSA) is 72.6 Å². The Morgan fingerprint density at radius 2 is 2.00 bits per heavy atom. The summed E-state index contributed by atoms with van der Waals surface area (Å²) in [4.78, 5) is 30.7. The Balaban J connectivity index is 1.53. The lowest BCUT2D eigenvalue weighted by Gasteiger charge is -2.32. The fourth-order valence-corrected chi connectivity index (χ4v) is 3.19. The number of hydrogen-bond donors (Lipinski definition) is 0. The molecule has 1 aliphatic heterocycles. The summed E-state index contributed by atoms with van der Waals surface area (Å²) in [5.41, 5.74) is 0.210. The first-order valence-electron chi connectivity index (χ1n) is 8.59. The van der Waals surface area contributed by atoms with Crippen molar-refractivity contribution in [2.45, 2.75) is 18.9 Å². The van der Waals surface area contributed by atoms with E-state index in [1.807, 2.05) is 0 Å². The number of likely N-dealkylation sites (tertiary alicyclic amines) is 1. The molecular weight excluding hydrogens is 332 g/mol. The number of ether oxygens (including phenoxy) is 1. The molecule has 132 valence electrons. The van der Waals surface area contributed by atoms with E-state index in [9.17, 15) is 9.59 Å². The SMILES string of the molecule is O=C(c1cc(=O)c2ccccc2o1)N1CCCC(Oc2ccncc2)C1. The van der Waals surface area contributed by atoms with Crippen molar-refractivity contribution in [2.24, 2.45) is 0 Å². The largest absolute Gasteiger partial charge is 0.488 e. The number of pyridine rings is 1. The molecule has 1 saturated heterocycles. The minimum absolute atomic E-state index is 0.0678. The zero-order valence-electron chi connectivity index (χ0n) is 14.1. The third kappa shape index (κ3) is 3.31. The van der Waals surface area contributed by atoms with Gasteiger partial charge in [0.2, 0.25) is 0 Å². The number of amides is 1. The summed E-state index contributed by atoms with van der Waals surface area (Å²) in [6.07, 6.45) is 4.95. The van der Waals surface area contributed by atoms with Crippen LogP contribution >= 0.6 is 0 Å². The molecule has 1 amide bonds. The third-order valence-corrected chi connectivity index (χ3v) is 4.46. The summed E-state index contributed by atoms with van der Waals surface area (Å²) in [6.45, 7) is 1.07. The number of piperidine rings is 1. The zero-order chi connectivity index (χ0) is 17.9. The van der Waals surface area contributed by atoms with Gasteiger partial charge in [-0.2, -0.15) is 0 Å². The normalized spacial score (nSPS) is 17.2. The molecule has 0 radical (unpaired) electrons. The molecule has 1 fully saturated rings. The van der Waals surface area contributed by atoms with Crippen LogP contribution in [0.3, 0.4) is 0 Å². The second-order valence-corrected chi connectivity index (χ2v) is 6.29. The lowest BCUT2D eigenvalue weighted by Crippen LogP contribution is -2.44. The minimum atomic E-state index is -0.282. The first-order valence-corrected chi connectivity index (χ1v) is 8.59.